The molecule has 1 heterocycles. The first-order chi connectivity index (χ1) is 9.19. The number of nitrogens with zero attached hydrogens (tertiary/aromatic N) is 1. The predicted molar refractivity (Wildman–Crippen MR) is 76.0 cm³/mol. The van der Waals surface area contributed by atoms with E-state index in [1.807, 2.05) is 11.8 Å². The van der Waals surface area contributed by atoms with E-state index in [1.165, 1.54) is 6.20 Å². The highest BCUT2D eigenvalue weighted by Crippen LogP contribution is 2.46. The van der Waals surface area contributed by atoms with Crippen molar-refractivity contribution < 1.29 is 9.90 Å². The van der Waals surface area contributed by atoms with Gasteiger partial charge in [-0.05, 0) is 25.2 Å². The van der Waals surface area contributed by atoms with Crippen molar-refractivity contribution in [1.82, 2.24) is 10.3 Å². The minimum atomic E-state index is -0.202. The van der Waals surface area contributed by atoms with Gasteiger partial charge in [0.15, 0.2) is 0 Å². The van der Waals surface area contributed by atoms with E-state index in [-0.39, 0.29) is 17.3 Å². The van der Waals surface area contributed by atoms with Gasteiger partial charge < -0.3 is 10.4 Å². The quantitative estimate of drug-likeness (QED) is 0.807. The third-order valence-electron chi connectivity index (χ3n) is 3.12. The van der Waals surface area contributed by atoms with Crippen molar-refractivity contribution in [3.05, 3.63) is 29.6 Å². The van der Waals surface area contributed by atoms with Crippen molar-refractivity contribution in [1.29, 1.82) is 0 Å². The van der Waals surface area contributed by atoms with Gasteiger partial charge in [-0.1, -0.05) is 11.8 Å². The van der Waals surface area contributed by atoms with Crippen LogP contribution in [0.15, 0.2) is 18.5 Å². The fraction of sp³-hybridized carbons (Fsp3) is 0.429. The van der Waals surface area contributed by atoms with Crippen molar-refractivity contribution in [2.75, 3.05) is 19.4 Å². The number of rotatable bonds is 4. The Kier molecular flexibility index (Phi) is 4.46. The third-order valence-corrected chi connectivity index (χ3v) is 4.54. The molecule has 0 atom stereocenters. The summed E-state index contributed by atoms with van der Waals surface area (Å²) >= 11 is 1.81. The van der Waals surface area contributed by atoms with E-state index in [0.717, 1.165) is 12.8 Å². The van der Waals surface area contributed by atoms with Crippen LogP contribution in [-0.4, -0.2) is 40.2 Å². The smallest absolute Gasteiger partial charge is 0.252 e. The molecule has 0 saturated heterocycles. The first-order valence-corrected chi connectivity index (χ1v) is 7.30. The zero-order valence-electron chi connectivity index (χ0n) is 10.8. The number of pyridine rings is 1. The number of hydrogen-bond donors (Lipinski definition) is 2. The van der Waals surface area contributed by atoms with Gasteiger partial charge in [-0.2, -0.15) is 11.8 Å². The van der Waals surface area contributed by atoms with Crippen LogP contribution in [0, 0.1) is 11.8 Å². The van der Waals surface area contributed by atoms with Gasteiger partial charge in [0.2, 0.25) is 0 Å². The second kappa shape index (κ2) is 6.09. The standard InChI is InChI=1S/C14H16N2O2S/c1-19-14(4-5-14)10-16-13(18)12-7-11(3-2-6-17)8-15-9-12/h7-9,17H,4-6,10H2,1H3,(H,16,18). The summed E-state index contributed by atoms with van der Waals surface area (Å²) < 4.78 is 0.247. The number of hydrogen-bond acceptors (Lipinski definition) is 4. The van der Waals surface area contributed by atoms with Gasteiger partial charge in [0.05, 0.1) is 5.56 Å². The number of amides is 1. The summed E-state index contributed by atoms with van der Waals surface area (Å²) in [5.74, 6) is 5.15. The van der Waals surface area contributed by atoms with Gasteiger partial charge in [-0.15, -0.1) is 0 Å². The Balaban J connectivity index is 1.98. The van der Waals surface area contributed by atoms with Gasteiger partial charge >= 0.3 is 0 Å². The molecule has 100 valence electrons. The molecular weight excluding hydrogens is 260 g/mol. The summed E-state index contributed by atoms with van der Waals surface area (Å²) in [7, 11) is 0. The minimum Gasteiger partial charge on any atom is -0.384 e. The Bertz CT molecular complexity index is 530. The van der Waals surface area contributed by atoms with E-state index in [1.54, 1.807) is 12.3 Å². The number of aliphatic hydroxyl groups excluding tert-OH is 1. The number of aromatic nitrogens is 1. The molecule has 2 N–H and O–H groups in total. The van der Waals surface area contributed by atoms with E-state index in [9.17, 15) is 4.79 Å². The van der Waals surface area contributed by atoms with E-state index in [2.05, 4.69) is 28.4 Å². The molecule has 2 rings (SSSR count). The lowest BCUT2D eigenvalue weighted by Gasteiger charge is -2.12. The zero-order chi connectivity index (χ0) is 13.7. The van der Waals surface area contributed by atoms with Crippen LogP contribution in [0.4, 0.5) is 0 Å². The van der Waals surface area contributed by atoms with Crippen LogP contribution in [0.5, 0.6) is 0 Å². The topological polar surface area (TPSA) is 62.2 Å². The van der Waals surface area contributed by atoms with Gasteiger partial charge in [-0.25, -0.2) is 0 Å². The molecule has 0 radical (unpaired) electrons. The predicted octanol–water partition coefficient (Wildman–Crippen LogP) is 1.05. The van der Waals surface area contributed by atoms with Gasteiger partial charge in [-0.3, -0.25) is 9.78 Å². The molecular formula is C14H16N2O2S. The second-order valence-electron chi connectivity index (χ2n) is 4.49. The Hall–Kier alpha value is -1.51. The van der Waals surface area contributed by atoms with Crippen molar-refractivity contribution >= 4 is 17.7 Å². The molecule has 0 spiro atoms. The Morgan fingerprint density at radius 2 is 2.37 bits per heavy atom. The zero-order valence-corrected chi connectivity index (χ0v) is 11.6. The van der Waals surface area contributed by atoms with Gasteiger partial charge in [0.1, 0.15) is 6.61 Å². The molecule has 0 bridgehead atoms. The fourth-order valence-corrected chi connectivity index (χ4v) is 2.44. The maximum Gasteiger partial charge on any atom is 0.252 e. The molecule has 0 aliphatic heterocycles. The monoisotopic (exact) mass is 276 g/mol. The molecule has 19 heavy (non-hydrogen) atoms. The molecule has 5 heteroatoms. The first-order valence-electron chi connectivity index (χ1n) is 6.07. The molecule has 1 fully saturated rings. The summed E-state index contributed by atoms with van der Waals surface area (Å²) in [6.07, 6.45) is 7.50. The average Bonchev–Trinajstić information content (AvgIpc) is 3.23. The van der Waals surface area contributed by atoms with Crippen LogP contribution in [0.1, 0.15) is 28.8 Å². The van der Waals surface area contributed by atoms with E-state index in [4.69, 9.17) is 5.11 Å². The minimum absolute atomic E-state index is 0.125. The molecule has 1 saturated carbocycles. The third kappa shape index (κ3) is 3.72. The Morgan fingerprint density at radius 1 is 1.58 bits per heavy atom. The SMILES string of the molecule is CSC1(CNC(=O)c2cncc(C#CCO)c2)CC1. The fourth-order valence-electron chi connectivity index (χ4n) is 1.71. The lowest BCUT2D eigenvalue weighted by atomic mass is 10.2. The molecule has 1 aromatic heterocycles. The number of aliphatic hydroxyl groups is 1. The molecule has 0 unspecified atom stereocenters. The highest BCUT2D eigenvalue weighted by molar-refractivity contribution is 8.00. The molecule has 4 nitrogen and oxygen atoms in total. The molecule has 1 aliphatic rings. The molecule has 0 aromatic carbocycles. The lowest BCUT2D eigenvalue weighted by molar-refractivity contribution is 0.0952. The van der Waals surface area contributed by atoms with Crippen LogP contribution < -0.4 is 5.32 Å². The van der Waals surface area contributed by atoms with Crippen molar-refractivity contribution in [3.63, 3.8) is 0 Å². The molecule has 1 amide bonds. The summed E-state index contributed by atoms with van der Waals surface area (Å²) in [5, 5.41) is 11.6. The number of carbonyl (C=O) groups is 1. The summed E-state index contributed by atoms with van der Waals surface area (Å²) in [4.78, 5) is 16.0. The van der Waals surface area contributed by atoms with Gasteiger partial charge in [0, 0.05) is 29.2 Å². The maximum absolute atomic E-state index is 12.0. The normalized spacial score (nSPS) is 15.3. The number of thioether (sulfide) groups is 1. The van der Waals surface area contributed by atoms with Gasteiger partial charge in [0.25, 0.3) is 5.91 Å². The summed E-state index contributed by atoms with van der Waals surface area (Å²) in [6, 6.07) is 1.68. The molecule has 1 aromatic rings. The number of nitrogens with one attached hydrogen (secondary N) is 1. The van der Waals surface area contributed by atoms with Crippen LogP contribution in [0.25, 0.3) is 0 Å². The summed E-state index contributed by atoms with van der Waals surface area (Å²) in [5.41, 5.74) is 1.13. The van der Waals surface area contributed by atoms with Crippen molar-refractivity contribution in [2.24, 2.45) is 0 Å². The first kappa shape index (κ1) is 13.9. The maximum atomic E-state index is 12.0. The van der Waals surface area contributed by atoms with Crippen LogP contribution in [0.2, 0.25) is 0 Å². The van der Waals surface area contributed by atoms with E-state index >= 15 is 0 Å². The van der Waals surface area contributed by atoms with Crippen LogP contribution >= 0.6 is 11.8 Å². The van der Waals surface area contributed by atoms with E-state index < -0.39 is 0 Å². The largest absolute Gasteiger partial charge is 0.384 e. The molecule has 1 aliphatic carbocycles. The Morgan fingerprint density at radius 3 is 3.00 bits per heavy atom. The van der Waals surface area contributed by atoms with Crippen molar-refractivity contribution in [3.8, 4) is 11.8 Å². The average molecular weight is 276 g/mol. The van der Waals surface area contributed by atoms with Crippen LogP contribution in [0.3, 0.4) is 0 Å². The highest BCUT2D eigenvalue weighted by atomic mass is 32.2. The lowest BCUT2D eigenvalue weighted by Crippen LogP contribution is -2.31. The highest BCUT2D eigenvalue weighted by Gasteiger charge is 2.41. The van der Waals surface area contributed by atoms with E-state index in [0.29, 0.717) is 17.7 Å². The number of carbonyl (C=O) groups excluding carboxylic acids is 1. The Labute approximate surface area is 117 Å². The second-order valence-corrected chi connectivity index (χ2v) is 5.77. The van der Waals surface area contributed by atoms with Crippen molar-refractivity contribution in [2.45, 2.75) is 17.6 Å². The summed E-state index contributed by atoms with van der Waals surface area (Å²) in [6.45, 7) is 0.492. The van der Waals surface area contributed by atoms with Crippen LogP contribution in [-0.2, 0) is 0 Å².